The van der Waals surface area contributed by atoms with Crippen LogP contribution in [0.3, 0.4) is 0 Å². The molecule has 0 unspecified atom stereocenters. The fourth-order valence-corrected chi connectivity index (χ4v) is 0.893. The third-order valence-corrected chi connectivity index (χ3v) is 1.62. The van der Waals surface area contributed by atoms with Crippen LogP contribution < -0.4 is 0 Å². The molecule has 1 aromatic heterocycles. The van der Waals surface area contributed by atoms with Crippen LogP contribution in [0.1, 0.15) is 30.5 Å². The lowest BCUT2D eigenvalue weighted by atomic mass is 10.4. The molecule has 1 heterocycles. The molecule has 2 rings (SSSR count). The summed E-state index contributed by atoms with van der Waals surface area (Å²) in [7, 11) is 0. The van der Waals surface area contributed by atoms with Crippen LogP contribution in [0.15, 0.2) is 4.42 Å². The van der Waals surface area contributed by atoms with E-state index in [9.17, 15) is 0 Å². The first-order valence-corrected chi connectivity index (χ1v) is 3.55. The van der Waals surface area contributed by atoms with Gasteiger partial charge in [0.05, 0.1) is 0 Å². The van der Waals surface area contributed by atoms with E-state index in [1.54, 1.807) is 0 Å². The summed E-state index contributed by atoms with van der Waals surface area (Å²) in [5.74, 6) is 1.65. The molecule has 11 heavy (non-hydrogen) atoms. The lowest BCUT2D eigenvalue weighted by Crippen LogP contribution is -1.77. The maximum atomic E-state index is 6.57. The van der Waals surface area contributed by atoms with E-state index in [2.05, 4.69) is 15.0 Å². The second kappa shape index (κ2) is 2.35. The molecule has 4 heteroatoms. The summed E-state index contributed by atoms with van der Waals surface area (Å²) in [6, 6.07) is 0. The maximum Gasteiger partial charge on any atom is 0.296 e. The van der Waals surface area contributed by atoms with Crippen LogP contribution in [0, 0.1) is 6.57 Å². The monoisotopic (exact) mass is 149 g/mol. The second-order valence-electron chi connectivity index (χ2n) is 2.62. The maximum absolute atomic E-state index is 6.57. The van der Waals surface area contributed by atoms with E-state index in [1.807, 2.05) is 0 Å². The van der Waals surface area contributed by atoms with Crippen molar-refractivity contribution in [1.29, 1.82) is 0 Å². The lowest BCUT2D eigenvalue weighted by Gasteiger charge is -1.81. The molecular weight excluding hydrogens is 142 g/mol. The van der Waals surface area contributed by atoms with Crippen LogP contribution in [-0.4, -0.2) is 10.2 Å². The summed E-state index contributed by atoms with van der Waals surface area (Å²) in [5, 5.41) is 7.57. The first-order valence-electron chi connectivity index (χ1n) is 3.55. The van der Waals surface area contributed by atoms with Gasteiger partial charge in [-0.15, -0.1) is 10.2 Å². The van der Waals surface area contributed by atoms with Gasteiger partial charge < -0.3 is 9.26 Å². The van der Waals surface area contributed by atoms with E-state index in [-0.39, 0.29) is 6.54 Å². The van der Waals surface area contributed by atoms with Crippen LogP contribution in [0.4, 0.5) is 0 Å². The van der Waals surface area contributed by atoms with Crippen molar-refractivity contribution in [1.82, 2.24) is 10.2 Å². The smallest absolute Gasteiger partial charge is 0.296 e. The highest BCUT2D eigenvalue weighted by Crippen LogP contribution is 2.38. The summed E-state index contributed by atoms with van der Waals surface area (Å²) in [6.07, 6.45) is 2.30. The summed E-state index contributed by atoms with van der Waals surface area (Å²) >= 11 is 0. The van der Waals surface area contributed by atoms with Crippen LogP contribution >= 0.6 is 0 Å². The topological polar surface area (TPSA) is 43.3 Å². The predicted octanol–water partition coefficient (Wildman–Crippen LogP) is 1.37. The molecular formula is C7H7N3O. The molecule has 0 aliphatic heterocycles. The molecule has 1 aliphatic carbocycles. The van der Waals surface area contributed by atoms with Gasteiger partial charge in [-0.05, 0) is 12.8 Å². The third kappa shape index (κ3) is 1.22. The average molecular weight is 149 g/mol. The Balaban J connectivity index is 2.13. The third-order valence-electron chi connectivity index (χ3n) is 1.62. The van der Waals surface area contributed by atoms with Crippen LogP contribution in [-0.2, 0) is 6.54 Å². The van der Waals surface area contributed by atoms with Gasteiger partial charge in [0, 0.05) is 5.92 Å². The average Bonchev–Trinajstić information content (AvgIpc) is 2.75. The highest BCUT2D eigenvalue weighted by atomic mass is 16.4. The van der Waals surface area contributed by atoms with Crippen molar-refractivity contribution in [3.05, 3.63) is 23.2 Å². The van der Waals surface area contributed by atoms with Crippen molar-refractivity contribution in [2.45, 2.75) is 25.3 Å². The molecule has 0 radical (unpaired) electrons. The Bertz CT molecular complexity index is 295. The SMILES string of the molecule is [C-]#[N+]Cc1nnc(C2CC2)o1. The predicted molar refractivity (Wildman–Crippen MR) is 36.6 cm³/mol. The van der Waals surface area contributed by atoms with Crippen molar-refractivity contribution >= 4 is 0 Å². The van der Waals surface area contributed by atoms with E-state index in [4.69, 9.17) is 11.0 Å². The van der Waals surface area contributed by atoms with Crippen LogP contribution in [0.25, 0.3) is 4.85 Å². The Morgan fingerprint density at radius 1 is 1.55 bits per heavy atom. The molecule has 0 aromatic carbocycles. The second-order valence-corrected chi connectivity index (χ2v) is 2.62. The number of rotatable bonds is 2. The molecule has 0 N–H and O–H groups in total. The molecule has 0 spiro atoms. The largest absolute Gasteiger partial charge is 0.418 e. The molecule has 4 nitrogen and oxygen atoms in total. The fraction of sp³-hybridized carbons (Fsp3) is 0.571. The zero-order chi connectivity index (χ0) is 7.68. The number of nitrogens with zero attached hydrogens (tertiary/aromatic N) is 3. The Morgan fingerprint density at radius 3 is 3.00 bits per heavy atom. The van der Waals surface area contributed by atoms with Gasteiger partial charge in [-0.2, -0.15) is 0 Å². The molecule has 0 saturated heterocycles. The number of hydrogen-bond donors (Lipinski definition) is 0. The highest BCUT2D eigenvalue weighted by Gasteiger charge is 2.29. The normalized spacial score (nSPS) is 16.3. The van der Waals surface area contributed by atoms with Crippen molar-refractivity contribution in [2.24, 2.45) is 0 Å². The van der Waals surface area contributed by atoms with E-state index in [1.165, 1.54) is 0 Å². The van der Waals surface area contributed by atoms with E-state index in [0.717, 1.165) is 12.8 Å². The van der Waals surface area contributed by atoms with Gasteiger partial charge in [0.25, 0.3) is 12.4 Å². The van der Waals surface area contributed by atoms with Gasteiger partial charge >= 0.3 is 0 Å². The van der Waals surface area contributed by atoms with Gasteiger partial charge in [-0.25, -0.2) is 6.57 Å². The van der Waals surface area contributed by atoms with E-state index in [0.29, 0.717) is 17.7 Å². The quantitative estimate of drug-likeness (QED) is 0.596. The molecule has 1 aromatic rings. The first-order chi connectivity index (χ1) is 5.40. The van der Waals surface area contributed by atoms with Crippen LogP contribution in [0.2, 0.25) is 0 Å². The lowest BCUT2D eigenvalue weighted by molar-refractivity contribution is 0.460. The minimum absolute atomic E-state index is 0.208. The summed E-state index contributed by atoms with van der Waals surface area (Å²) < 4.78 is 5.21. The molecule has 0 amide bonds. The fourth-order valence-electron chi connectivity index (χ4n) is 0.893. The van der Waals surface area contributed by atoms with Crippen molar-refractivity contribution in [3.63, 3.8) is 0 Å². The minimum Gasteiger partial charge on any atom is -0.418 e. The zero-order valence-corrected chi connectivity index (χ0v) is 5.95. The Labute approximate surface area is 64.1 Å². The molecule has 0 bridgehead atoms. The van der Waals surface area contributed by atoms with Crippen molar-refractivity contribution in [2.75, 3.05) is 0 Å². The minimum atomic E-state index is 0.208. The highest BCUT2D eigenvalue weighted by molar-refractivity contribution is 5.00. The van der Waals surface area contributed by atoms with Gasteiger partial charge in [-0.1, -0.05) is 0 Å². The van der Waals surface area contributed by atoms with Crippen molar-refractivity contribution in [3.8, 4) is 0 Å². The molecule has 1 saturated carbocycles. The summed E-state index contributed by atoms with van der Waals surface area (Å²) in [4.78, 5) is 3.15. The van der Waals surface area contributed by atoms with Gasteiger partial charge in [0.2, 0.25) is 5.89 Å². The standard InChI is InChI=1S/C7H7N3O/c1-8-4-6-9-10-7(11-6)5-2-3-5/h5H,2-4H2. The Kier molecular flexibility index (Phi) is 1.35. The van der Waals surface area contributed by atoms with E-state index < -0.39 is 0 Å². The number of aromatic nitrogens is 2. The van der Waals surface area contributed by atoms with Gasteiger partial charge in [0.15, 0.2) is 0 Å². The van der Waals surface area contributed by atoms with E-state index >= 15 is 0 Å². The molecule has 1 fully saturated rings. The van der Waals surface area contributed by atoms with Crippen LogP contribution in [0.5, 0.6) is 0 Å². The first kappa shape index (κ1) is 6.35. The van der Waals surface area contributed by atoms with Gasteiger partial charge in [-0.3, -0.25) is 0 Å². The van der Waals surface area contributed by atoms with Gasteiger partial charge in [0.1, 0.15) is 0 Å². The molecule has 56 valence electrons. The molecule has 0 atom stereocenters. The number of hydrogen-bond acceptors (Lipinski definition) is 3. The molecule has 1 aliphatic rings. The Hall–Kier alpha value is -1.37. The zero-order valence-electron chi connectivity index (χ0n) is 5.95. The summed E-state index contributed by atoms with van der Waals surface area (Å²) in [6.45, 7) is 6.78. The summed E-state index contributed by atoms with van der Waals surface area (Å²) in [5.41, 5.74) is 0. The van der Waals surface area contributed by atoms with Crippen molar-refractivity contribution < 1.29 is 4.42 Å². The Morgan fingerprint density at radius 2 is 2.36 bits per heavy atom.